The first-order valence-corrected chi connectivity index (χ1v) is 15.4. The number of nitrogens with zero attached hydrogens (tertiary/aromatic N) is 5. The van der Waals surface area contributed by atoms with E-state index in [1.165, 1.54) is 5.57 Å². The van der Waals surface area contributed by atoms with E-state index in [0.29, 0.717) is 50.9 Å². The molecule has 2 aliphatic heterocycles. The quantitative estimate of drug-likeness (QED) is 0.328. The average Bonchev–Trinajstić information content (AvgIpc) is 3.37. The number of rotatable bonds is 9. The molecule has 1 aliphatic carbocycles. The fourth-order valence-corrected chi connectivity index (χ4v) is 6.22. The molecule has 3 aliphatic rings. The molecule has 7 heteroatoms. The van der Waals surface area contributed by atoms with Crippen LogP contribution in [-0.2, 0) is 32.7 Å². The highest BCUT2D eigenvalue weighted by Crippen LogP contribution is 2.31. The number of pyridine rings is 2. The standard InChI is InChI=1S/C37H40N6O/c38-21-30-19-32(23-42-22-29-10-2-1-9-28(17-29)18-31-11-3-6-16-41-36(31)27-42)37(44)33(20-30)24-43(25-34-12-4-7-14-39-34)26-35-13-5-8-15-40-35/h1-17,19-20,28,31,44H,18,21-27,38H2. The zero-order chi connectivity index (χ0) is 30.1. The Morgan fingerprint density at radius 3 is 2.34 bits per heavy atom. The topological polar surface area (TPSA) is 90.9 Å². The summed E-state index contributed by atoms with van der Waals surface area (Å²) in [7, 11) is 0. The van der Waals surface area contributed by atoms with Crippen LogP contribution in [0.25, 0.3) is 0 Å². The van der Waals surface area contributed by atoms with Crippen LogP contribution < -0.4 is 5.73 Å². The Hall–Kier alpha value is -4.43. The summed E-state index contributed by atoms with van der Waals surface area (Å²) in [6.07, 6.45) is 24.1. The molecule has 2 atom stereocenters. The number of aromatic hydroxyl groups is 1. The molecule has 1 aromatic carbocycles. The number of phenols is 1. The van der Waals surface area contributed by atoms with E-state index in [2.05, 4.69) is 68.4 Å². The minimum Gasteiger partial charge on any atom is -0.507 e. The Balaban J connectivity index is 1.30. The van der Waals surface area contributed by atoms with Crippen molar-refractivity contribution in [2.75, 3.05) is 13.1 Å². The predicted octanol–water partition coefficient (Wildman–Crippen LogP) is 5.86. The summed E-state index contributed by atoms with van der Waals surface area (Å²) in [4.78, 5) is 18.7. The summed E-state index contributed by atoms with van der Waals surface area (Å²) in [5.74, 6) is 0.919. The average molecular weight is 585 g/mol. The van der Waals surface area contributed by atoms with E-state index < -0.39 is 0 Å². The van der Waals surface area contributed by atoms with Crippen molar-refractivity contribution in [2.45, 2.75) is 39.1 Å². The number of hydrogen-bond acceptors (Lipinski definition) is 7. The van der Waals surface area contributed by atoms with Crippen molar-refractivity contribution in [2.24, 2.45) is 22.6 Å². The van der Waals surface area contributed by atoms with Crippen molar-refractivity contribution in [3.8, 4) is 5.75 Å². The molecule has 0 fully saturated rings. The molecular weight excluding hydrogens is 544 g/mol. The molecule has 0 saturated carbocycles. The fraction of sp³-hybridized carbons (Fsp3) is 0.270. The molecule has 3 N–H and O–H groups in total. The normalized spacial score (nSPS) is 19.8. The first-order chi connectivity index (χ1) is 21.6. The second kappa shape index (κ2) is 14.4. The van der Waals surface area contributed by atoms with Crippen LogP contribution in [0.5, 0.6) is 5.75 Å². The van der Waals surface area contributed by atoms with E-state index in [-0.39, 0.29) is 5.92 Å². The Bertz CT molecular complexity index is 1560. The molecule has 0 spiro atoms. The lowest BCUT2D eigenvalue weighted by Crippen LogP contribution is -2.33. The number of fused-ring (bicyclic) bond motifs is 2. The van der Waals surface area contributed by atoms with Gasteiger partial charge in [0.1, 0.15) is 5.75 Å². The number of benzene rings is 1. The molecular formula is C37H40N6O. The van der Waals surface area contributed by atoms with Gasteiger partial charge in [-0.15, -0.1) is 0 Å². The lowest BCUT2D eigenvalue weighted by molar-refractivity contribution is 0.237. The van der Waals surface area contributed by atoms with Gasteiger partial charge in [-0.3, -0.25) is 24.8 Å². The summed E-state index contributed by atoms with van der Waals surface area (Å²) in [5.41, 5.74) is 13.3. The third kappa shape index (κ3) is 7.74. The van der Waals surface area contributed by atoms with Crippen molar-refractivity contribution >= 4 is 5.71 Å². The van der Waals surface area contributed by atoms with Gasteiger partial charge in [-0.1, -0.05) is 54.7 Å². The summed E-state index contributed by atoms with van der Waals surface area (Å²) < 4.78 is 0. The molecule has 7 nitrogen and oxygen atoms in total. The molecule has 0 amide bonds. The summed E-state index contributed by atoms with van der Waals surface area (Å²) in [5, 5.41) is 11.8. The van der Waals surface area contributed by atoms with E-state index in [0.717, 1.165) is 46.8 Å². The summed E-state index contributed by atoms with van der Waals surface area (Å²) in [6.45, 7) is 4.24. The van der Waals surface area contributed by atoms with E-state index in [1.54, 1.807) is 0 Å². The van der Waals surface area contributed by atoms with Crippen molar-refractivity contribution in [1.82, 2.24) is 19.8 Å². The summed E-state index contributed by atoms with van der Waals surface area (Å²) >= 11 is 0. The maximum Gasteiger partial charge on any atom is 0.124 e. The molecule has 2 bridgehead atoms. The molecule has 224 valence electrons. The van der Waals surface area contributed by atoms with Gasteiger partial charge >= 0.3 is 0 Å². The van der Waals surface area contributed by atoms with Gasteiger partial charge in [0.05, 0.1) is 11.4 Å². The number of allylic oxidation sites excluding steroid dienone is 7. The second-order valence-corrected chi connectivity index (χ2v) is 11.7. The predicted molar refractivity (Wildman–Crippen MR) is 176 cm³/mol. The van der Waals surface area contributed by atoms with Gasteiger partial charge in [0.25, 0.3) is 0 Å². The molecule has 2 aromatic heterocycles. The number of nitrogens with two attached hydrogens (primary N) is 1. The molecule has 4 heterocycles. The van der Waals surface area contributed by atoms with Gasteiger partial charge < -0.3 is 10.8 Å². The fourth-order valence-electron chi connectivity index (χ4n) is 6.22. The highest BCUT2D eigenvalue weighted by atomic mass is 16.3. The molecule has 2 unspecified atom stereocenters. The van der Waals surface area contributed by atoms with Crippen molar-refractivity contribution < 1.29 is 5.11 Å². The van der Waals surface area contributed by atoms with E-state index in [4.69, 9.17) is 10.7 Å². The van der Waals surface area contributed by atoms with Crippen molar-refractivity contribution in [3.63, 3.8) is 0 Å². The molecule has 0 saturated heterocycles. The Morgan fingerprint density at radius 2 is 1.61 bits per heavy atom. The molecule has 44 heavy (non-hydrogen) atoms. The SMILES string of the molecule is NCc1cc(CN2CC3=CC(C=CC=C3)CC3C=CC=CN=C3C2)c(O)c(CN(Cc2ccccn2)Cc2ccccn2)c1. The highest BCUT2D eigenvalue weighted by Gasteiger charge is 2.25. The highest BCUT2D eigenvalue weighted by molar-refractivity contribution is 5.91. The van der Waals surface area contributed by atoms with Gasteiger partial charge in [0.15, 0.2) is 0 Å². The Kier molecular flexibility index (Phi) is 9.67. The van der Waals surface area contributed by atoms with E-state index >= 15 is 0 Å². The Labute approximate surface area is 260 Å². The third-order valence-corrected chi connectivity index (χ3v) is 8.31. The van der Waals surface area contributed by atoms with Gasteiger partial charge in [-0.05, 0) is 65.9 Å². The van der Waals surface area contributed by atoms with E-state index in [9.17, 15) is 5.11 Å². The smallest absolute Gasteiger partial charge is 0.124 e. The first-order valence-electron chi connectivity index (χ1n) is 15.4. The van der Waals surface area contributed by atoms with Crippen molar-refractivity contribution in [1.29, 1.82) is 0 Å². The minimum atomic E-state index is 0.252. The van der Waals surface area contributed by atoms with Crippen LogP contribution in [0.4, 0.5) is 0 Å². The molecule has 0 radical (unpaired) electrons. The van der Waals surface area contributed by atoms with Gasteiger partial charge in [0.2, 0.25) is 0 Å². The zero-order valence-corrected chi connectivity index (χ0v) is 25.0. The largest absolute Gasteiger partial charge is 0.507 e. The first kappa shape index (κ1) is 29.6. The van der Waals surface area contributed by atoms with Crippen LogP contribution >= 0.6 is 0 Å². The third-order valence-electron chi connectivity index (χ3n) is 8.31. The van der Waals surface area contributed by atoms with Gasteiger partial charge in [-0.25, -0.2) is 0 Å². The van der Waals surface area contributed by atoms with Crippen LogP contribution in [0.1, 0.15) is 34.5 Å². The monoisotopic (exact) mass is 584 g/mol. The van der Waals surface area contributed by atoms with Crippen LogP contribution in [0.15, 0.2) is 126 Å². The van der Waals surface area contributed by atoms with Gasteiger partial charge in [0, 0.05) is 87.2 Å². The number of aromatic nitrogens is 2. The maximum atomic E-state index is 11.8. The van der Waals surface area contributed by atoms with Crippen LogP contribution in [-0.4, -0.2) is 43.7 Å². The second-order valence-electron chi connectivity index (χ2n) is 11.7. The number of hydrogen-bond donors (Lipinski definition) is 2. The molecule has 3 aromatic rings. The van der Waals surface area contributed by atoms with Crippen molar-refractivity contribution in [3.05, 3.63) is 149 Å². The number of aliphatic imine (C=N–C) groups is 1. The number of phenolic OH excluding ortho intramolecular Hbond substituents is 1. The lowest BCUT2D eigenvalue weighted by atomic mass is 9.89. The van der Waals surface area contributed by atoms with Gasteiger partial charge in [-0.2, -0.15) is 0 Å². The minimum absolute atomic E-state index is 0.252. The van der Waals surface area contributed by atoms with Crippen LogP contribution in [0.2, 0.25) is 0 Å². The zero-order valence-electron chi connectivity index (χ0n) is 25.0. The Morgan fingerprint density at radius 1 is 0.864 bits per heavy atom. The van der Waals surface area contributed by atoms with E-state index in [1.807, 2.05) is 67.1 Å². The molecule has 6 rings (SSSR count). The van der Waals surface area contributed by atoms with Crippen LogP contribution in [0.3, 0.4) is 0 Å². The van der Waals surface area contributed by atoms with Crippen LogP contribution in [0, 0.1) is 11.8 Å². The maximum absolute atomic E-state index is 11.8. The summed E-state index contributed by atoms with van der Waals surface area (Å²) in [6, 6.07) is 16.0. The lowest BCUT2D eigenvalue weighted by Gasteiger charge is -2.27.